The molecule has 1 aromatic rings. The molecule has 0 aliphatic heterocycles. The summed E-state index contributed by atoms with van der Waals surface area (Å²) in [6.45, 7) is 0. The highest BCUT2D eigenvalue weighted by molar-refractivity contribution is 5.78. The number of esters is 1. The van der Waals surface area contributed by atoms with Gasteiger partial charge in [0.25, 0.3) is 0 Å². The number of carbonyl (C=O) groups excluding carboxylic acids is 1. The van der Waals surface area contributed by atoms with E-state index in [1.54, 1.807) is 0 Å². The Morgan fingerprint density at radius 3 is 1.53 bits per heavy atom. The summed E-state index contributed by atoms with van der Waals surface area (Å²) >= 11 is 0. The molecule has 0 saturated heterocycles. The number of carbonyl (C=O) groups is 1. The molecule has 0 radical (unpaired) electrons. The first kappa shape index (κ1) is 27.7. The lowest BCUT2D eigenvalue weighted by Crippen LogP contribution is -2.70. The number of alkyl halides is 13. The molecule has 0 saturated carbocycles. The second kappa shape index (κ2) is 8.24. The average molecular weight is 500 g/mol. The predicted octanol–water partition coefficient (Wildman–Crippen LogP) is 6.21. The average Bonchev–Trinajstić information content (AvgIpc) is 2.64. The molecule has 1 atom stereocenters. The van der Waals surface area contributed by atoms with Crippen LogP contribution >= 0.6 is 0 Å². The fourth-order valence-corrected chi connectivity index (χ4v) is 2.36. The fourth-order valence-electron chi connectivity index (χ4n) is 2.36. The molecule has 1 rings (SSSR count). The van der Waals surface area contributed by atoms with E-state index < -0.39 is 65.5 Å². The van der Waals surface area contributed by atoms with Gasteiger partial charge >= 0.3 is 41.8 Å². The molecule has 0 spiro atoms. The second-order valence-electron chi connectivity index (χ2n) is 6.33. The SMILES string of the molecule is COC(=O)C(CC(F)(F)C(F)(F)C(F)(F)C(F)(F)C(F)(F)C(F)(F)F)c1ccc(F)cc1. The number of hydrogen-bond acceptors (Lipinski definition) is 2. The number of rotatable bonds is 8. The normalized spacial score (nSPS) is 15.5. The van der Waals surface area contributed by atoms with Gasteiger partial charge in [-0.3, -0.25) is 4.79 Å². The zero-order valence-electron chi connectivity index (χ0n) is 15.2. The molecule has 2 nitrogen and oxygen atoms in total. The van der Waals surface area contributed by atoms with Crippen LogP contribution in [0.4, 0.5) is 61.5 Å². The molecule has 0 amide bonds. The lowest BCUT2D eigenvalue weighted by molar-refractivity contribution is -0.440. The van der Waals surface area contributed by atoms with Crippen LogP contribution in [0, 0.1) is 5.82 Å². The molecular formula is C16H10F14O2. The summed E-state index contributed by atoms with van der Waals surface area (Å²) in [4.78, 5) is 11.6. The molecule has 32 heavy (non-hydrogen) atoms. The van der Waals surface area contributed by atoms with Crippen LogP contribution in [0.15, 0.2) is 24.3 Å². The van der Waals surface area contributed by atoms with Gasteiger partial charge in [0.15, 0.2) is 0 Å². The van der Waals surface area contributed by atoms with Crippen molar-refractivity contribution in [2.45, 2.75) is 48.1 Å². The van der Waals surface area contributed by atoms with Gasteiger partial charge in [-0.05, 0) is 17.7 Å². The van der Waals surface area contributed by atoms with Gasteiger partial charge in [0.05, 0.1) is 13.0 Å². The summed E-state index contributed by atoms with van der Waals surface area (Å²) in [6.07, 6.45) is -10.3. The summed E-state index contributed by atoms with van der Waals surface area (Å²) in [5.41, 5.74) is -0.774. The van der Waals surface area contributed by atoms with E-state index in [0.29, 0.717) is 31.4 Å². The number of ether oxygens (including phenoxy) is 1. The molecule has 0 aliphatic rings. The Labute approximate surface area is 169 Å². The highest BCUT2D eigenvalue weighted by atomic mass is 19.4. The molecular weight excluding hydrogens is 490 g/mol. The van der Waals surface area contributed by atoms with Crippen LogP contribution in [-0.4, -0.2) is 48.9 Å². The zero-order valence-corrected chi connectivity index (χ0v) is 15.2. The predicted molar refractivity (Wildman–Crippen MR) is 76.6 cm³/mol. The van der Waals surface area contributed by atoms with E-state index in [4.69, 9.17) is 0 Å². The van der Waals surface area contributed by atoms with Crippen molar-refractivity contribution >= 4 is 5.97 Å². The van der Waals surface area contributed by atoms with Crippen LogP contribution in [0.1, 0.15) is 17.9 Å². The molecule has 0 N–H and O–H groups in total. The van der Waals surface area contributed by atoms with Gasteiger partial charge in [-0.25, -0.2) is 4.39 Å². The Hall–Kier alpha value is -2.29. The van der Waals surface area contributed by atoms with E-state index in [1.807, 2.05) is 0 Å². The van der Waals surface area contributed by atoms with Crippen molar-refractivity contribution in [3.8, 4) is 0 Å². The van der Waals surface area contributed by atoms with E-state index in [2.05, 4.69) is 4.74 Å². The number of benzene rings is 1. The molecule has 184 valence electrons. The van der Waals surface area contributed by atoms with Gasteiger partial charge in [0, 0.05) is 6.42 Å². The third kappa shape index (κ3) is 4.31. The number of hydrogen-bond donors (Lipinski definition) is 0. The van der Waals surface area contributed by atoms with Crippen molar-refractivity contribution in [2.24, 2.45) is 0 Å². The largest absolute Gasteiger partial charge is 0.469 e. The lowest BCUT2D eigenvalue weighted by atomic mass is 9.86. The van der Waals surface area contributed by atoms with Crippen molar-refractivity contribution in [3.05, 3.63) is 35.6 Å². The Morgan fingerprint density at radius 2 is 1.16 bits per heavy atom. The Bertz CT molecular complexity index is 813. The van der Waals surface area contributed by atoms with Gasteiger partial charge in [-0.15, -0.1) is 0 Å². The third-order valence-corrected chi connectivity index (χ3v) is 4.22. The monoisotopic (exact) mass is 500 g/mol. The van der Waals surface area contributed by atoms with Crippen LogP contribution in [-0.2, 0) is 9.53 Å². The highest BCUT2D eigenvalue weighted by Gasteiger charge is 2.90. The van der Waals surface area contributed by atoms with Crippen molar-refractivity contribution < 1.29 is 71.0 Å². The molecule has 0 aliphatic carbocycles. The smallest absolute Gasteiger partial charge is 0.460 e. The van der Waals surface area contributed by atoms with Crippen molar-refractivity contribution in [3.63, 3.8) is 0 Å². The Kier molecular flexibility index (Phi) is 7.15. The van der Waals surface area contributed by atoms with Crippen LogP contribution in [0.3, 0.4) is 0 Å². The first-order valence-electron chi connectivity index (χ1n) is 7.87. The number of methoxy groups -OCH3 is 1. The summed E-state index contributed by atoms with van der Waals surface area (Å²) in [5.74, 6) is -43.4. The van der Waals surface area contributed by atoms with E-state index in [1.165, 1.54) is 0 Å². The Morgan fingerprint density at radius 1 is 0.750 bits per heavy atom. The minimum Gasteiger partial charge on any atom is -0.469 e. The Balaban J connectivity index is 3.51. The molecule has 0 fully saturated rings. The standard InChI is InChI=1S/C16H10F14O2/c1-32-10(31)9(7-2-4-8(17)5-3-7)6-11(18,19)12(20,21)13(22,23)14(24,25)15(26,27)16(28,29)30/h2-5,9H,6H2,1H3. The van der Waals surface area contributed by atoms with Crippen LogP contribution in [0.5, 0.6) is 0 Å². The second-order valence-corrected chi connectivity index (χ2v) is 6.33. The van der Waals surface area contributed by atoms with Crippen molar-refractivity contribution in [1.82, 2.24) is 0 Å². The molecule has 1 unspecified atom stereocenters. The lowest BCUT2D eigenvalue weighted by Gasteiger charge is -2.40. The van der Waals surface area contributed by atoms with Gasteiger partial charge in [0.2, 0.25) is 0 Å². The van der Waals surface area contributed by atoms with Crippen molar-refractivity contribution in [1.29, 1.82) is 0 Å². The summed E-state index contributed by atoms with van der Waals surface area (Å²) in [5, 5.41) is 0. The summed E-state index contributed by atoms with van der Waals surface area (Å²) in [6, 6.07) is 2.04. The van der Waals surface area contributed by atoms with Gasteiger partial charge in [-0.1, -0.05) is 12.1 Å². The fraction of sp³-hybridized carbons (Fsp3) is 0.562. The van der Waals surface area contributed by atoms with Gasteiger partial charge < -0.3 is 4.74 Å². The molecule has 16 heteroatoms. The molecule has 0 aromatic heterocycles. The maximum absolute atomic E-state index is 14.1. The maximum atomic E-state index is 14.1. The summed E-state index contributed by atoms with van der Waals surface area (Å²) in [7, 11) is 0.502. The van der Waals surface area contributed by atoms with Crippen LogP contribution in [0.2, 0.25) is 0 Å². The minimum atomic E-state index is -8.04. The highest BCUT2D eigenvalue weighted by Crippen LogP contribution is 2.61. The van der Waals surface area contributed by atoms with Crippen LogP contribution < -0.4 is 0 Å². The van der Waals surface area contributed by atoms with E-state index >= 15 is 0 Å². The number of halogens is 14. The topological polar surface area (TPSA) is 26.3 Å². The van der Waals surface area contributed by atoms with E-state index in [0.717, 1.165) is 0 Å². The molecule has 1 aromatic carbocycles. The van der Waals surface area contributed by atoms with Gasteiger partial charge in [0.1, 0.15) is 5.82 Å². The maximum Gasteiger partial charge on any atom is 0.460 e. The molecule has 0 heterocycles. The third-order valence-electron chi connectivity index (χ3n) is 4.22. The quantitative estimate of drug-likeness (QED) is 0.314. The first-order chi connectivity index (χ1) is 14.1. The zero-order chi connectivity index (χ0) is 25.6. The van der Waals surface area contributed by atoms with Crippen molar-refractivity contribution in [2.75, 3.05) is 7.11 Å². The minimum absolute atomic E-state index is 0.494. The summed E-state index contributed by atoms with van der Waals surface area (Å²) < 4.78 is 188. The first-order valence-corrected chi connectivity index (χ1v) is 7.87. The van der Waals surface area contributed by atoms with E-state index in [9.17, 15) is 66.3 Å². The molecule has 0 bridgehead atoms. The van der Waals surface area contributed by atoms with Gasteiger partial charge in [-0.2, -0.15) is 57.1 Å². The van der Waals surface area contributed by atoms with E-state index in [-0.39, 0.29) is 0 Å². The van der Waals surface area contributed by atoms with Crippen LogP contribution in [0.25, 0.3) is 0 Å².